The minimum atomic E-state index is -0.909. The van der Waals surface area contributed by atoms with Crippen LogP contribution < -0.4 is 10.2 Å². The maximum absolute atomic E-state index is 10.2. The summed E-state index contributed by atoms with van der Waals surface area (Å²) >= 11 is 0. The molecule has 5 heteroatoms. The average molecular weight is 435 g/mol. The van der Waals surface area contributed by atoms with Crippen LogP contribution in [0.25, 0.3) is 0 Å². The van der Waals surface area contributed by atoms with E-state index >= 15 is 0 Å². The van der Waals surface area contributed by atoms with E-state index in [-0.39, 0.29) is 36.7 Å². The van der Waals surface area contributed by atoms with Crippen LogP contribution in [0.2, 0.25) is 0 Å². The average Bonchev–Trinajstić information content (AvgIpc) is 2.47. The van der Waals surface area contributed by atoms with Crippen LogP contribution in [0, 0.1) is 11.8 Å². The zero-order chi connectivity index (χ0) is 17.4. The van der Waals surface area contributed by atoms with Crippen molar-refractivity contribution in [2.75, 3.05) is 0 Å². The van der Waals surface area contributed by atoms with E-state index in [1.165, 1.54) is 0 Å². The second-order valence-electron chi connectivity index (χ2n) is 5.99. The van der Waals surface area contributed by atoms with Crippen molar-refractivity contribution in [2.45, 2.75) is 91.9 Å². The molecule has 0 saturated carbocycles. The van der Waals surface area contributed by atoms with Crippen molar-refractivity contribution in [1.82, 2.24) is 0 Å². The molecule has 2 atom stereocenters. The maximum atomic E-state index is 10.2. The predicted octanol–water partition coefficient (Wildman–Crippen LogP) is 1.77. The van der Waals surface area contributed by atoms with Crippen molar-refractivity contribution in [2.24, 2.45) is 11.8 Å². The first-order valence-corrected chi connectivity index (χ1v) is 8.80. The molecule has 0 aromatic carbocycles. The number of carbonyl (C=O) groups excluding carboxylic acids is 2. The summed E-state index contributed by atoms with van der Waals surface area (Å²) in [5.74, 6) is -1.15. The predicted molar refractivity (Wildman–Crippen MR) is 94.4 cm³/mol. The Hall–Kier alpha value is -0.261. The third-order valence-corrected chi connectivity index (χ3v) is 4.00. The number of carboxylic acids is 2. The first kappa shape index (κ1) is 27.6. The summed E-state index contributed by atoms with van der Waals surface area (Å²) in [4.78, 5) is 20.4. The summed E-state index contributed by atoms with van der Waals surface area (Å²) in [6.45, 7) is 8.30. The number of carboxylic acid groups (broad SMARTS) is 2. The van der Waals surface area contributed by atoms with Gasteiger partial charge in [-0.05, 0) is 24.7 Å². The number of hydrogen-bond donors (Lipinski definition) is 0. The first-order chi connectivity index (χ1) is 10.4. The van der Waals surface area contributed by atoms with Gasteiger partial charge in [-0.2, -0.15) is 0 Å². The van der Waals surface area contributed by atoms with Gasteiger partial charge < -0.3 is 19.8 Å². The molecule has 0 amide bonds. The summed E-state index contributed by atoms with van der Waals surface area (Å²) in [5.41, 5.74) is 0. The molecule has 0 saturated heterocycles. The molecule has 0 aliphatic heterocycles. The van der Waals surface area contributed by atoms with Gasteiger partial charge in [0.2, 0.25) is 0 Å². The quantitative estimate of drug-likeness (QED) is 0.438. The van der Waals surface area contributed by atoms with E-state index in [9.17, 15) is 19.8 Å². The molecule has 0 N–H and O–H groups in total. The second kappa shape index (κ2) is 19.8. The van der Waals surface area contributed by atoms with Gasteiger partial charge in [0.1, 0.15) is 0 Å². The molecule has 0 aromatic rings. The summed E-state index contributed by atoms with van der Waals surface area (Å²) in [7, 11) is 0. The van der Waals surface area contributed by atoms with Gasteiger partial charge in [0.25, 0.3) is 0 Å². The van der Waals surface area contributed by atoms with E-state index in [4.69, 9.17) is 0 Å². The first-order valence-electron chi connectivity index (χ1n) is 8.80. The molecule has 4 nitrogen and oxygen atoms in total. The molecule has 0 bridgehead atoms. The van der Waals surface area contributed by atoms with E-state index in [0.29, 0.717) is 11.8 Å². The molecule has 23 heavy (non-hydrogen) atoms. The Kier molecular flexibility index (Phi) is 23.7. The Balaban J connectivity index is -0.000000333. The molecule has 0 radical (unpaired) electrons. The molecule has 0 spiro atoms. The SMILES string of the molecule is CCCCC(CC)CC(=O)[O-].CCCCC(CC)CC(=O)[O-].[SnH2+2]. The Morgan fingerprint density at radius 2 is 1.04 bits per heavy atom. The standard InChI is InChI=1S/2C9H18O2.Sn.2H/c2*1-3-5-6-8(4-2)7-9(10)11;;;/h2*8H,3-7H2,1-2H3,(H,10,11);;;/q;;+2;;/p-2. The monoisotopic (exact) mass is 436 g/mol. The van der Waals surface area contributed by atoms with E-state index in [2.05, 4.69) is 13.8 Å². The van der Waals surface area contributed by atoms with Gasteiger partial charge in [-0.1, -0.05) is 79.1 Å². The summed E-state index contributed by atoms with van der Waals surface area (Å²) in [6, 6.07) is 0. The third kappa shape index (κ3) is 21.7. The molecular weight excluding hydrogens is 399 g/mol. The van der Waals surface area contributed by atoms with Gasteiger partial charge in [-0.3, -0.25) is 0 Å². The Labute approximate surface area is 159 Å². The van der Waals surface area contributed by atoms with Crippen molar-refractivity contribution in [3.63, 3.8) is 0 Å². The van der Waals surface area contributed by atoms with Crippen LogP contribution >= 0.6 is 0 Å². The van der Waals surface area contributed by atoms with Crippen LogP contribution in [0.15, 0.2) is 0 Å². The van der Waals surface area contributed by atoms with E-state index in [0.717, 1.165) is 51.4 Å². The fourth-order valence-electron chi connectivity index (χ4n) is 2.36. The summed E-state index contributed by atoms with van der Waals surface area (Å²) in [5, 5.41) is 20.4. The van der Waals surface area contributed by atoms with Gasteiger partial charge in [0, 0.05) is 11.9 Å². The van der Waals surface area contributed by atoms with Gasteiger partial charge in [0.15, 0.2) is 0 Å². The number of rotatable bonds is 12. The molecule has 0 rings (SSSR count). The molecule has 2 unspecified atom stereocenters. The van der Waals surface area contributed by atoms with Crippen LogP contribution in [-0.2, 0) is 9.59 Å². The van der Waals surface area contributed by atoms with E-state index < -0.39 is 11.9 Å². The van der Waals surface area contributed by atoms with Crippen molar-refractivity contribution in [1.29, 1.82) is 0 Å². The van der Waals surface area contributed by atoms with Crippen molar-refractivity contribution < 1.29 is 19.8 Å². The van der Waals surface area contributed by atoms with Crippen LogP contribution in [0.5, 0.6) is 0 Å². The van der Waals surface area contributed by atoms with Gasteiger partial charge in [-0.15, -0.1) is 0 Å². The summed E-state index contributed by atoms with van der Waals surface area (Å²) < 4.78 is 0. The second-order valence-corrected chi connectivity index (χ2v) is 5.99. The van der Waals surface area contributed by atoms with Crippen molar-refractivity contribution in [3.05, 3.63) is 0 Å². The molecule has 0 aliphatic carbocycles. The zero-order valence-electron chi connectivity index (χ0n) is 15.6. The number of unbranched alkanes of at least 4 members (excludes halogenated alkanes) is 2. The Bertz CT molecular complexity index is 254. The molecule has 0 aliphatic rings. The molecule has 0 aromatic heterocycles. The van der Waals surface area contributed by atoms with Crippen LogP contribution in [0.4, 0.5) is 0 Å². The fraction of sp³-hybridized carbons (Fsp3) is 0.889. The number of hydrogen-bond acceptors (Lipinski definition) is 4. The van der Waals surface area contributed by atoms with Crippen LogP contribution in [0.1, 0.15) is 91.9 Å². The Morgan fingerprint density at radius 3 is 1.22 bits per heavy atom. The molecule has 0 heterocycles. The van der Waals surface area contributed by atoms with E-state index in [1.807, 2.05) is 13.8 Å². The molecule has 0 fully saturated rings. The van der Waals surface area contributed by atoms with E-state index in [1.54, 1.807) is 0 Å². The number of carbonyl (C=O) groups is 2. The molecular formula is C18H36O4Sn. The van der Waals surface area contributed by atoms with Crippen LogP contribution in [-0.4, -0.2) is 35.8 Å². The zero-order valence-corrected chi connectivity index (χ0v) is 19.6. The molecule has 136 valence electrons. The topological polar surface area (TPSA) is 80.3 Å². The number of aliphatic carboxylic acids is 2. The summed E-state index contributed by atoms with van der Waals surface area (Å²) in [6.07, 6.45) is 8.97. The Morgan fingerprint density at radius 1 is 0.739 bits per heavy atom. The third-order valence-electron chi connectivity index (χ3n) is 4.00. The van der Waals surface area contributed by atoms with Crippen molar-refractivity contribution >= 4 is 35.8 Å². The fourth-order valence-corrected chi connectivity index (χ4v) is 2.36. The minimum absolute atomic E-state index is 0. The van der Waals surface area contributed by atoms with Gasteiger partial charge >= 0.3 is 23.9 Å². The normalized spacial score (nSPS) is 12.3. The van der Waals surface area contributed by atoms with Crippen LogP contribution in [0.3, 0.4) is 0 Å². The van der Waals surface area contributed by atoms with Crippen molar-refractivity contribution in [3.8, 4) is 0 Å². The van der Waals surface area contributed by atoms with Gasteiger partial charge in [-0.25, -0.2) is 0 Å². The van der Waals surface area contributed by atoms with Gasteiger partial charge in [0.05, 0.1) is 0 Å².